The number of hydrogen-bond donors (Lipinski definition) is 2. The van der Waals surface area contributed by atoms with Crippen molar-refractivity contribution in [3.63, 3.8) is 0 Å². The molecule has 0 aliphatic carbocycles. The standard InChI is InChI=1S/C18H16N4O3/c1-18(17(24)25,14-5-3-2-4-6-14)20-16(23)13-7-9-15(10-8-13)22-12-11-19-21-22/h2-12H,1H3,(H,20,23)(H,24,25). The van der Waals surface area contributed by atoms with E-state index in [0.29, 0.717) is 11.1 Å². The summed E-state index contributed by atoms with van der Waals surface area (Å²) in [6, 6.07) is 15.2. The highest BCUT2D eigenvalue weighted by atomic mass is 16.4. The van der Waals surface area contributed by atoms with Crippen LogP contribution in [0.25, 0.3) is 5.69 Å². The Kier molecular flexibility index (Phi) is 4.30. The Morgan fingerprint density at radius 2 is 1.76 bits per heavy atom. The molecule has 126 valence electrons. The SMILES string of the molecule is CC(NC(=O)c1ccc(-n2ccnn2)cc1)(C(=O)O)c1ccccc1. The molecular weight excluding hydrogens is 320 g/mol. The van der Waals surface area contributed by atoms with E-state index < -0.39 is 17.4 Å². The lowest BCUT2D eigenvalue weighted by Crippen LogP contribution is -2.49. The average molecular weight is 336 g/mol. The van der Waals surface area contributed by atoms with E-state index in [4.69, 9.17) is 0 Å². The number of aliphatic carboxylic acids is 1. The molecule has 1 unspecified atom stereocenters. The van der Waals surface area contributed by atoms with Crippen molar-refractivity contribution in [3.8, 4) is 5.69 Å². The molecule has 7 nitrogen and oxygen atoms in total. The van der Waals surface area contributed by atoms with Crippen LogP contribution in [0, 0.1) is 0 Å². The van der Waals surface area contributed by atoms with Crippen LogP contribution in [0.4, 0.5) is 0 Å². The first kappa shape index (κ1) is 16.4. The van der Waals surface area contributed by atoms with Crippen LogP contribution >= 0.6 is 0 Å². The van der Waals surface area contributed by atoms with Crippen LogP contribution < -0.4 is 5.32 Å². The molecule has 3 rings (SSSR count). The quantitative estimate of drug-likeness (QED) is 0.743. The van der Waals surface area contributed by atoms with E-state index >= 15 is 0 Å². The van der Waals surface area contributed by atoms with E-state index in [0.717, 1.165) is 5.69 Å². The van der Waals surface area contributed by atoms with Gasteiger partial charge in [0.25, 0.3) is 5.91 Å². The molecule has 2 N–H and O–H groups in total. The minimum Gasteiger partial charge on any atom is -0.479 e. The lowest BCUT2D eigenvalue weighted by Gasteiger charge is -2.26. The molecule has 0 spiro atoms. The minimum absolute atomic E-state index is 0.354. The Morgan fingerprint density at radius 3 is 2.32 bits per heavy atom. The van der Waals surface area contributed by atoms with E-state index in [2.05, 4.69) is 15.6 Å². The number of aromatic nitrogens is 3. The Morgan fingerprint density at radius 1 is 1.08 bits per heavy atom. The Bertz CT molecular complexity index is 876. The maximum atomic E-state index is 12.5. The molecule has 0 radical (unpaired) electrons. The lowest BCUT2D eigenvalue weighted by atomic mass is 9.91. The van der Waals surface area contributed by atoms with Gasteiger partial charge < -0.3 is 10.4 Å². The number of carboxylic acids is 1. The summed E-state index contributed by atoms with van der Waals surface area (Å²) in [5, 5.41) is 19.8. The van der Waals surface area contributed by atoms with E-state index in [1.807, 2.05) is 0 Å². The zero-order valence-corrected chi connectivity index (χ0v) is 13.5. The third kappa shape index (κ3) is 3.25. The molecule has 7 heteroatoms. The van der Waals surface area contributed by atoms with E-state index in [1.54, 1.807) is 71.7 Å². The number of hydrogen-bond acceptors (Lipinski definition) is 4. The zero-order chi connectivity index (χ0) is 17.9. The van der Waals surface area contributed by atoms with Gasteiger partial charge in [0.05, 0.1) is 18.1 Å². The molecule has 0 aliphatic rings. The first-order valence-electron chi connectivity index (χ1n) is 7.59. The predicted octanol–water partition coefficient (Wildman–Crippen LogP) is 2.00. The highest BCUT2D eigenvalue weighted by molar-refractivity contribution is 5.98. The fourth-order valence-corrected chi connectivity index (χ4v) is 2.43. The van der Waals surface area contributed by atoms with Crippen molar-refractivity contribution in [2.24, 2.45) is 0 Å². The van der Waals surface area contributed by atoms with Gasteiger partial charge in [-0.25, -0.2) is 9.48 Å². The van der Waals surface area contributed by atoms with Crippen molar-refractivity contribution < 1.29 is 14.7 Å². The van der Waals surface area contributed by atoms with Gasteiger partial charge in [-0.05, 0) is 36.8 Å². The van der Waals surface area contributed by atoms with Crippen LogP contribution in [0.5, 0.6) is 0 Å². The maximum absolute atomic E-state index is 12.5. The van der Waals surface area contributed by atoms with Crippen molar-refractivity contribution >= 4 is 11.9 Å². The Hall–Kier alpha value is -3.48. The van der Waals surface area contributed by atoms with Gasteiger partial charge >= 0.3 is 5.97 Å². The van der Waals surface area contributed by atoms with Crippen LogP contribution in [0.15, 0.2) is 67.0 Å². The molecular formula is C18H16N4O3. The van der Waals surface area contributed by atoms with Crippen molar-refractivity contribution in [1.29, 1.82) is 0 Å². The number of amides is 1. The summed E-state index contributed by atoms with van der Waals surface area (Å²) in [6.45, 7) is 1.46. The second kappa shape index (κ2) is 6.56. The number of carbonyl (C=O) groups excluding carboxylic acids is 1. The smallest absolute Gasteiger partial charge is 0.333 e. The molecule has 3 aromatic rings. The summed E-state index contributed by atoms with van der Waals surface area (Å²) in [6.07, 6.45) is 3.24. The third-order valence-electron chi connectivity index (χ3n) is 3.96. The molecule has 0 saturated carbocycles. The summed E-state index contributed by atoms with van der Waals surface area (Å²) < 4.78 is 1.56. The van der Waals surface area contributed by atoms with Gasteiger partial charge in [-0.15, -0.1) is 5.10 Å². The van der Waals surface area contributed by atoms with Crippen molar-refractivity contribution in [3.05, 3.63) is 78.1 Å². The first-order chi connectivity index (χ1) is 12.0. The molecule has 1 atom stereocenters. The molecule has 25 heavy (non-hydrogen) atoms. The summed E-state index contributed by atoms with van der Waals surface area (Å²) in [7, 11) is 0. The van der Waals surface area contributed by atoms with Gasteiger partial charge in [-0.3, -0.25) is 4.79 Å². The summed E-state index contributed by atoms with van der Waals surface area (Å²) >= 11 is 0. The predicted molar refractivity (Wildman–Crippen MR) is 90.3 cm³/mol. The van der Waals surface area contributed by atoms with Gasteiger partial charge in [0, 0.05) is 5.56 Å². The van der Waals surface area contributed by atoms with Crippen LogP contribution in [-0.4, -0.2) is 32.0 Å². The number of carbonyl (C=O) groups is 2. The molecule has 1 amide bonds. The minimum atomic E-state index is -1.52. The Balaban J connectivity index is 1.84. The van der Waals surface area contributed by atoms with Crippen molar-refractivity contribution in [1.82, 2.24) is 20.3 Å². The molecule has 1 aromatic heterocycles. The zero-order valence-electron chi connectivity index (χ0n) is 13.5. The van der Waals surface area contributed by atoms with E-state index in [1.165, 1.54) is 6.92 Å². The fourth-order valence-electron chi connectivity index (χ4n) is 2.43. The normalized spacial score (nSPS) is 13.0. The third-order valence-corrected chi connectivity index (χ3v) is 3.96. The number of rotatable bonds is 5. The van der Waals surface area contributed by atoms with Crippen LogP contribution in [-0.2, 0) is 10.3 Å². The summed E-state index contributed by atoms with van der Waals surface area (Å²) in [5.41, 5.74) is 0.0728. The lowest BCUT2D eigenvalue weighted by molar-refractivity contribution is -0.144. The Labute approximate surface area is 143 Å². The van der Waals surface area contributed by atoms with Crippen molar-refractivity contribution in [2.75, 3.05) is 0 Å². The second-order valence-corrected chi connectivity index (χ2v) is 5.64. The number of nitrogens with one attached hydrogen (secondary N) is 1. The largest absolute Gasteiger partial charge is 0.479 e. The van der Waals surface area contributed by atoms with Crippen molar-refractivity contribution in [2.45, 2.75) is 12.5 Å². The summed E-state index contributed by atoms with van der Waals surface area (Å²) in [4.78, 5) is 24.3. The van der Waals surface area contributed by atoms with Crippen LogP contribution in [0.3, 0.4) is 0 Å². The highest BCUT2D eigenvalue weighted by Gasteiger charge is 2.36. The van der Waals surface area contributed by atoms with Crippen LogP contribution in [0.1, 0.15) is 22.8 Å². The average Bonchev–Trinajstić information content (AvgIpc) is 3.17. The second-order valence-electron chi connectivity index (χ2n) is 5.64. The number of nitrogens with zero attached hydrogens (tertiary/aromatic N) is 3. The van der Waals surface area contributed by atoms with Gasteiger partial charge in [0.15, 0.2) is 5.54 Å². The maximum Gasteiger partial charge on any atom is 0.333 e. The highest BCUT2D eigenvalue weighted by Crippen LogP contribution is 2.22. The molecule has 2 aromatic carbocycles. The monoisotopic (exact) mass is 336 g/mol. The van der Waals surface area contributed by atoms with Crippen LogP contribution in [0.2, 0.25) is 0 Å². The molecule has 0 bridgehead atoms. The topological polar surface area (TPSA) is 97.1 Å². The molecule has 1 heterocycles. The van der Waals surface area contributed by atoms with Gasteiger partial charge in [-0.1, -0.05) is 35.5 Å². The summed E-state index contributed by atoms with van der Waals surface area (Å²) in [5.74, 6) is -1.61. The van der Waals surface area contributed by atoms with Gasteiger partial charge in [-0.2, -0.15) is 0 Å². The first-order valence-corrected chi connectivity index (χ1v) is 7.59. The van der Waals surface area contributed by atoms with E-state index in [9.17, 15) is 14.7 Å². The van der Waals surface area contributed by atoms with Gasteiger partial charge in [0.1, 0.15) is 0 Å². The van der Waals surface area contributed by atoms with E-state index in [-0.39, 0.29) is 0 Å². The molecule has 0 saturated heterocycles. The molecule has 0 aliphatic heterocycles. The van der Waals surface area contributed by atoms with Gasteiger partial charge in [0.2, 0.25) is 0 Å². The fraction of sp³-hybridized carbons (Fsp3) is 0.111. The number of carboxylic acid groups (broad SMARTS) is 1. The number of benzene rings is 2. The molecule has 0 fully saturated rings.